The minimum atomic E-state index is -3.55. The predicted octanol–water partition coefficient (Wildman–Crippen LogP) is 2.11. The van der Waals surface area contributed by atoms with E-state index in [9.17, 15) is 13.2 Å². The second-order valence-electron chi connectivity index (χ2n) is 7.92. The van der Waals surface area contributed by atoms with Crippen LogP contribution in [0.25, 0.3) is 0 Å². The van der Waals surface area contributed by atoms with E-state index in [1.165, 1.54) is 4.31 Å². The number of amides is 1. The van der Waals surface area contributed by atoms with E-state index in [0.29, 0.717) is 26.1 Å². The molecule has 0 aromatic heterocycles. The third kappa shape index (κ3) is 4.10. The molecule has 0 bridgehead atoms. The van der Waals surface area contributed by atoms with Crippen LogP contribution in [0.15, 0.2) is 35.2 Å². The lowest BCUT2D eigenvalue weighted by Gasteiger charge is -2.43. The molecule has 2 atom stereocenters. The summed E-state index contributed by atoms with van der Waals surface area (Å²) in [7, 11) is -3.55. The number of hydrogen-bond donors (Lipinski definition) is 0. The summed E-state index contributed by atoms with van der Waals surface area (Å²) in [6.45, 7) is 7.75. The van der Waals surface area contributed by atoms with Crippen LogP contribution in [-0.4, -0.2) is 61.4 Å². The number of morpholine rings is 1. The van der Waals surface area contributed by atoms with Gasteiger partial charge in [-0.2, -0.15) is 4.31 Å². The Labute approximate surface area is 156 Å². The topological polar surface area (TPSA) is 66.9 Å². The molecule has 144 valence electrons. The number of benzene rings is 1. The third-order valence-electron chi connectivity index (χ3n) is 5.00. The van der Waals surface area contributed by atoms with Crippen LogP contribution >= 0.6 is 0 Å². The Hall–Kier alpha value is -1.44. The van der Waals surface area contributed by atoms with Crippen molar-refractivity contribution in [2.75, 3.05) is 26.2 Å². The molecular weight excluding hydrogens is 352 g/mol. The van der Waals surface area contributed by atoms with Crippen molar-refractivity contribution in [3.05, 3.63) is 30.3 Å². The van der Waals surface area contributed by atoms with E-state index in [-0.39, 0.29) is 35.0 Å². The Balaban J connectivity index is 1.73. The fourth-order valence-corrected chi connectivity index (χ4v) is 5.53. The first-order valence-electron chi connectivity index (χ1n) is 9.21. The molecule has 7 heteroatoms. The van der Waals surface area contributed by atoms with Gasteiger partial charge in [-0.3, -0.25) is 4.79 Å². The van der Waals surface area contributed by atoms with Gasteiger partial charge in [-0.15, -0.1) is 0 Å². The first-order chi connectivity index (χ1) is 12.2. The average Bonchev–Trinajstić information content (AvgIpc) is 2.60. The number of hydrogen-bond acceptors (Lipinski definition) is 4. The zero-order valence-corrected chi connectivity index (χ0v) is 16.5. The summed E-state index contributed by atoms with van der Waals surface area (Å²) in [6, 6.07) is 8.44. The van der Waals surface area contributed by atoms with Gasteiger partial charge in [-0.25, -0.2) is 8.42 Å². The lowest BCUT2D eigenvalue weighted by molar-refractivity contribution is -0.162. The Morgan fingerprint density at radius 1 is 1.19 bits per heavy atom. The van der Waals surface area contributed by atoms with Gasteiger partial charge in [0.2, 0.25) is 15.9 Å². The molecule has 3 rings (SSSR count). The van der Waals surface area contributed by atoms with Crippen molar-refractivity contribution >= 4 is 15.9 Å². The molecule has 2 saturated heterocycles. The zero-order valence-electron chi connectivity index (χ0n) is 15.7. The van der Waals surface area contributed by atoms with Gasteiger partial charge < -0.3 is 9.64 Å². The molecule has 6 nitrogen and oxygen atoms in total. The highest BCUT2D eigenvalue weighted by Crippen LogP contribution is 2.27. The zero-order chi connectivity index (χ0) is 18.9. The molecule has 2 fully saturated rings. The number of ether oxygens (including phenoxy) is 1. The van der Waals surface area contributed by atoms with Crippen LogP contribution in [0.4, 0.5) is 0 Å². The van der Waals surface area contributed by atoms with Gasteiger partial charge in [0.1, 0.15) is 0 Å². The molecular formula is C19H28N2O4S. The van der Waals surface area contributed by atoms with Gasteiger partial charge in [0.15, 0.2) is 0 Å². The van der Waals surface area contributed by atoms with E-state index in [0.717, 1.165) is 6.42 Å². The summed E-state index contributed by atoms with van der Waals surface area (Å²) < 4.78 is 33.1. The molecule has 0 N–H and O–H groups in total. The molecule has 0 saturated carbocycles. The maximum atomic E-state index is 13.0. The van der Waals surface area contributed by atoms with Gasteiger partial charge in [-0.1, -0.05) is 18.2 Å². The normalized spacial score (nSPS) is 27.3. The number of carbonyl (C=O) groups excluding carboxylic acids is 1. The Kier molecular flexibility index (Phi) is 5.42. The fourth-order valence-electron chi connectivity index (χ4n) is 3.98. The molecule has 1 aromatic carbocycles. The maximum absolute atomic E-state index is 13.0. The minimum absolute atomic E-state index is 0.0181. The minimum Gasteiger partial charge on any atom is -0.369 e. The monoisotopic (exact) mass is 380 g/mol. The second kappa shape index (κ2) is 7.29. The number of nitrogens with zero attached hydrogens (tertiary/aromatic N) is 2. The standard InChI is InChI=1S/C19H28N2O4S/c1-15-12-20(14-19(2,3)25-15)18(22)16-8-7-11-21(13-16)26(23,24)17-9-5-4-6-10-17/h4-6,9-10,15-16H,7-8,11-14H2,1-3H3. The Morgan fingerprint density at radius 2 is 1.88 bits per heavy atom. The van der Waals surface area contributed by atoms with E-state index in [1.807, 2.05) is 25.7 Å². The number of rotatable bonds is 3. The van der Waals surface area contributed by atoms with Gasteiger partial charge >= 0.3 is 0 Å². The van der Waals surface area contributed by atoms with Crippen molar-refractivity contribution in [1.29, 1.82) is 0 Å². The van der Waals surface area contributed by atoms with Crippen molar-refractivity contribution in [2.45, 2.75) is 50.2 Å². The van der Waals surface area contributed by atoms with Gasteiger partial charge in [0.05, 0.1) is 22.5 Å². The summed E-state index contributed by atoms with van der Waals surface area (Å²) in [5.41, 5.74) is -0.377. The van der Waals surface area contributed by atoms with Crippen LogP contribution < -0.4 is 0 Å². The molecule has 0 spiro atoms. The largest absolute Gasteiger partial charge is 0.369 e. The van der Waals surface area contributed by atoms with E-state index in [4.69, 9.17) is 4.74 Å². The SMILES string of the molecule is CC1CN(C(=O)C2CCCN(S(=O)(=O)c3ccccc3)C2)CC(C)(C)O1. The van der Waals surface area contributed by atoms with Gasteiger partial charge in [0.25, 0.3) is 0 Å². The third-order valence-corrected chi connectivity index (χ3v) is 6.87. The van der Waals surface area contributed by atoms with E-state index in [1.54, 1.807) is 30.3 Å². The first-order valence-corrected chi connectivity index (χ1v) is 10.6. The van der Waals surface area contributed by atoms with Crippen molar-refractivity contribution in [2.24, 2.45) is 5.92 Å². The number of piperidine rings is 1. The lowest BCUT2D eigenvalue weighted by Crippen LogP contribution is -2.56. The smallest absolute Gasteiger partial charge is 0.243 e. The molecule has 2 heterocycles. The summed E-state index contributed by atoms with van der Waals surface area (Å²) in [4.78, 5) is 15.2. The molecule has 2 unspecified atom stereocenters. The van der Waals surface area contributed by atoms with Crippen LogP contribution in [0.2, 0.25) is 0 Å². The molecule has 1 amide bonds. The molecule has 2 aliphatic heterocycles. The highest BCUT2D eigenvalue weighted by Gasteiger charge is 2.39. The molecule has 1 aromatic rings. The van der Waals surface area contributed by atoms with Gasteiger partial charge in [-0.05, 0) is 45.7 Å². The summed E-state index contributed by atoms with van der Waals surface area (Å²) in [5, 5.41) is 0. The van der Waals surface area contributed by atoms with Crippen LogP contribution in [0.3, 0.4) is 0 Å². The fraction of sp³-hybridized carbons (Fsp3) is 0.632. The van der Waals surface area contributed by atoms with Crippen LogP contribution in [-0.2, 0) is 19.6 Å². The Morgan fingerprint density at radius 3 is 2.54 bits per heavy atom. The molecule has 2 aliphatic rings. The average molecular weight is 381 g/mol. The van der Waals surface area contributed by atoms with Crippen molar-refractivity contribution in [3.63, 3.8) is 0 Å². The van der Waals surface area contributed by atoms with E-state index < -0.39 is 10.0 Å². The highest BCUT2D eigenvalue weighted by molar-refractivity contribution is 7.89. The first kappa shape index (κ1) is 19.3. The van der Waals surface area contributed by atoms with E-state index in [2.05, 4.69) is 0 Å². The van der Waals surface area contributed by atoms with Gasteiger partial charge in [0, 0.05) is 26.2 Å². The quantitative estimate of drug-likeness (QED) is 0.806. The molecule has 0 aliphatic carbocycles. The van der Waals surface area contributed by atoms with Crippen molar-refractivity contribution in [1.82, 2.24) is 9.21 Å². The summed E-state index contributed by atoms with van der Waals surface area (Å²) in [5.74, 6) is -0.246. The second-order valence-corrected chi connectivity index (χ2v) is 9.86. The highest BCUT2D eigenvalue weighted by atomic mass is 32.2. The van der Waals surface area contributed by atoms with Crippen molar-refractivity contribution in [3.8, 4) is 0 Å². The molecule has 26 heavy (non-hydrogen) atoms. The number of sulfonamides is 1. The lowest BCUT2D eigenvalue weighted by atomic mass is 9.96. The van der Waals surface area contributed by atoms with Crippen LogP contribution in [0.5, 0.6) is 0 Å². The predicted molar refractivity (Wildman–Crippen MR) is 99.1 cm³/mol. The van der Waals surface area contributed by atoms with E-state index >= 15 is 0 Å². The summed E-state index contributed by atoms with van der Waals surface area (Å²) in [6.07, 6.45) is 1.41. The van der Waals surface area contributed by atoms with Crippen LogP contribution in [0.1, 0.15) is 33.6 Å². The summed E-state index contributed by atoms with van der Waals surface area (Å²) >= 11 is 0. The van der Waals surface area contributed by atoms with Crippen molar-refractivity contribution < 1.29 is 17.9 Å². The Bertz CT molecular complexity index is 748. The molecule has 0 radical (unpaired) electrons. The maximum Gasteiger partial charge on any atom is 0.243 e. The number of carbonyl (C=O) groups is 1. The van der Waals surface area contributed by atoms with Crippen LogP contribution in [0, 0.1) is 5.92 Å².